The zero-order valence-electron chi connectivity index (χ0n) is 18.4. The molecular formula is C21H20ClF3N6O4. The minimum Gasteiger partial charge on any atom is -0.481 e. The number of hydrogen-bond donors (Lipinski definition) is 2. The monoisotopic (exact) mass is 512 g/mol. The van der Waals surface area contributed by atoms with Crippen LogP contribution in [0.25, 0.3) is 11.3 Å². The number of aromatic nitrogens is 4. The second kappa shape index (κ2) is 9.94. The zero-order chi connectivity index (χ0) is 25.2. The Hall–Kier alpha value is -3.61. The Morgan fingerprint density at radius 1 is 1.29 bits per heavy atom. The molecule has 10 nitrogen and oxygen atoms in total. The standard InChI is InChI=1S/C21H20ClF3N6O4/c1-34-17-6-12(13(22)8-26-17)14-7-15(30-29-14)20(33)31-4-2-11(3-5-31)19(32)27-9-16-18(21(23,24)25)35-10-28-16/h6-8,10-11H,2-5,9H2,1H3,(H,27,32)(H,29,30). The van der Waals surface area contributed by atoms with Crippen LogP contribution in [0.15, 0.2) is 29.1 Å². The first-order valence-corrected chi connectivity index (χ1v) is 10.9. The molecule has 0 spiro atoms. The highest BCUT2D eigenvalue weighted by Gasteiger charge is 2.38. The van der Waals surface area contributed by atoms with Crippen molar-refractivity contribution >= 4 is 23.4 Å². The van der Waals surface area contributed by atoms with Crippen molar-refractivity contribution in [3.8, 4) is 17.1 Å². The molecule has 0 aliphatic carbocycles. The Labute approximate surface area is 201 Å². The number of ether oxygens (including phenoxy) is 1. The van der Waals surface area contributed by atoms with E-state index in [1.54, 1.807) is 17.0 Å². The van der Waals surface area contributed by atoms with Crippen molar-refractivity contribution in [1.29, 1.82) is 0 Å². The largest absolute Gasteiger partial charge is 0.481 e. The Bertz CT molecular complexity index is 1220. The number of pyridine rings is 1. The van der Waals surface area contributed by atoms with E-state index in [-0.39, 0.29) is 17.3 Å². The van der Waals surface area contributed by atoms with Gasteiger partial charge in [0.2, 0.25) is 17.5 Å². The van der Waals surface area contributed by atoms with Crippen LogP contribution in [-0.2, 0) is 17.5 Å². The first kappa shape index (κ1) is 24.5. The first-order valence-electron chi connectivity index (χ1n) is 10.5. The number of rotatable bonds is 6. The van der Waals surface area contributed by atoms with Crippen LogP contribution in [0.2, 0.25) is 5.02 Å². The van der Waals surface area contributed by atoms with Gasteiger partial charge in [0.15, 0.2) is 6.39 Å². The molecule has 2 N–H and O–H groups in total. The van der Waals surface area contributed by atoms with E-state index in [9.17, 15) is 22.8 Å². The number of alkyl halides is 3. The summed E-state index contributed by atoms with van der Waals surface area (Å²) in [4.78, 5) is 34.5. The van der Waals surface area contributed by atoms with Gasteiger partial charge < -0.3 is 19.4 Å². The van der Waals surface area contributed by atoms with Crippen molar-refractivity contribution in [2.24, 2.45) is 5.92 Å². The maximum absolute atomic E-state index is 12.9. The van der Waals surface area contributed by atoms with Crippen LogP contribution in [0, 0.1) is 5.92 Å². The van der Waals surface area contributed by atoms with E-state index >= 15 is 0 Å². The molecule has 0 saturated carbocycles. The van der Waals surface area contributed by atoms with Crippen LogP contribution in [0.3, 0.4) is 0 Å². The van der Waals surface area contributed by atoms with E-state index in [1.165, 1.54) is 13.3 Å². The van der Waals surface area contributed by atoms with E-state index in [2.05, 4.69) is 29.9 Å². The molecule has 3 aromatic heterocycles. The second-order valence-corrected chi connectivity index (χ2v) is 8.19. The Kier molecular flexibility index (Phi) is 6.96. The van der Waals surface area contributed by atoms with Gasteiger partial charge in [-0.25, -0.2) is 9.97 Å². The summed E-state index contributed by atoms with van der Waals surface area (Å²) in [7, 11) is 1.47. The Morgan fingerprint density at radius 2 is 2.03 bits per heavy atom. The predicted octanol–water partition coefficient (Wildman–Crippen LogP) is 3.31. The summed E-state index contributed by atoms with van der Waals surface area (Å²) in [6.07, 6.45) is -1.86. The van der Waals surface area contributed by atoms with Crippen LogP contribution in [0.4, 0.5) is 13.2 Å². The highest BCUT2D eigenvalue weighted by molar-refractivity contribution is 6.33. The molecule has 1 fully saturated rings. The summed E-state index contributed by atoms with van der Waals surface area (Å²) in [5.74, 6) is -2.03. The van der Waals surface area contributed by atoms with Gasteiger partial charge in [0.1, 0.15) is 11.4 Å². The number of piperidine rings is 1. The minimum absolute atomic E-state index is 0.250. The summed E-state index contributed by atoms with van der Waals surface area (Å²) in [6, 6.07) is 3.17. The molecule has 3 aromatic rings. The number of methoxy groups -OCH3 is 1. The molecule has 35 heavy (non-hydrogen) atoms. The van der Waals surface area contributed by atoms with E-state index in [0.29, 0.717) is 54.5 Å². The van der Waals surface area contributed by atoms with Gasteiger partial charge in [-0.3, -0.25) is 14.7 Å². The molecule has 0 unspecified atom stereocenters. The van der Waals surface area contributed by atoms with Crippen LogP contribution in [-0.4, -0.2) is 57.1 Å². The highest BCUT2D eigenvalue weighted by Crippen LogP contribution is 2.32. The van der Waals surface area contributed by atoms with Crippen molar-refractivity contribution < 1.29 is 31.9 Å². The maximum Gasteiger partial charge on any atom is 0.451 e. The smallest absolute Gasteiger partial charge is 0.451 e. The average Bonchev–Trinajstić information content (AvgIpc) is 3.52. The summed E-state index contributed by atoms with van der Waals surface area (Å²) in [6.45, 7) is 0.197. The van der Waals surface area contributed by atoms with Crippen LogP contribution >= 0.6 is 11.6 Å². The average molecular weight is 513 g/mol. The number of carbonyl (C=O) groups excluding carboxylic acids is 2. The lowest BCUT2D eigenvalue weighted by molar-refractivity contribution is -0.153. The SMILES string of the molecule is COc1cc(-c2cc(C(=O)N3CCC(C(=O)NCc4ncoc4C(F)(F)F)CC3)[nH]n2)c(Cl)cn1. The molecular weight excluding hydrogens is 493 g/mol. The van der Waals surface area contributed by atoms with Crippen LogP contribution in [0.1, 0.15) is 34.8 Å². The molecule has 1 aliphatic heterocycles. The zero-order valence-corrected chi connectivity index (χ0v) is 19.1. The van der Waals surface area contributed by atoms with Gasteiger partial charge in [-0.15, -0.1) is 0 Å². The number of aromatic amines is 1. The fourth-order valence-corrected chi connectivity index (χ4v) is 3.95. The van der Waals surface area contributed by atoms with E-state index in [0.717, 1.165) is 0 Å². The van der Waals surface area contributed by atoms with Crippen molar-refractivity contribution in [3.63, 3.8) is 0 Å². The van der Waals surface area contributed by atoms with Gasteiger partial charge in [-0.2, -0.15) is 18.3 Å². The van der Waals surface area contributed by atoms with Crippen molar-refractivity contribution in [2.75, 3.05) is 20.2 Å². The van der Waals surface area contributed by atoms with Crippen molar-refractivity contribution in [2.45, 2.75) is 25.6 Å². The molecule has 0 atom stereocenters. The Balaban J connectivity index is 1.33. The molecule has 1 aliphatic rings. The van der Waals surface area contributed by atoms with Crippen LogP contribution < -0.4 is 10.1 Å². The highest BCUT2D eigenvalue weighted by atomic mass is 35.5. The number of nitrogens with zero attached hydrogens (tertiary/aromatic N) is 4. The summed E-state index contributed by atoms with van der Waals surface area (Å²) < 4.78 is 48.1. The fraction of sp³-hybridized carbons (Fsp3) is 0.381. The number of halogens is 4. The molecule has 1 saturated heterocycles. The third-order valence-electron chi connectivity index (χ3n) is 5.61. The predicted molar refractivity (Wildman–Crippen MR) is 115 cm³/mol. The van der Waals surface area contributed by atoms with Crippen LogP contribution in [0.5, 0.6) is 5.88 Å². The molecule has 0 bridgehead atoms. The number of carbonyl (C=O) groups is 2. The summed E-state index contributed by atoms with van der Waals surface area (Å²) in [5.41, 5.74) is 0.852. The third kappa shape index (κ3) is 5.39. The quantitative estimate of drug-likeness (QED) is 0.519. The van der Waals surface area contributed by atoms with E-state index in [1.807, 2.05) is 0 Å². The lowest BCUT2D eigenvalue weighted by atomic mass is 9.95. The van der Waals surface area contributed by atoms with Gasteiger partial charge in [0.05, 0.1) is 30.6 Å². The second-order valence-electron chi connectivity index (χ2n) is 7.78. The first-order chi connectivity index (χ1) is 16.7. The van der Waals surface area contributed by atoms with Gasteiger partial charge in [-0.05, 0) is 18.9 Å². The third-order valence-corrected chi connectivity index (χ3v) is 5.91. The molecule has 4 heterocycles. The number of oxazole rings is 1. The lowest BCUT2D eigenvalue weighted by Crippen LogP contribution is -2.43. The minimum atomic E-state index is -4.69. The topological polar surface area (TPSA) is 126 Å². The van der Waals surface area contributed by atoms with Gasteiger partial charge in [0, 0.05) is 30.6 Å². The molecule has 0 radical (unpaired) electrons. The summed E-state index contributed by atoms with van der Waals surface area (Å²) in [5, 5.41) is 9.68. The summed E-state index contributed by atoms with van der Waals surface area (Å²) >= 11 is 6.19. The molecule has 2 amide bonds. The Morgan fingerprint density at radius 3 is 2.71 bits per heavy atom. The van der Waals surface area contributed by atoms with Crippen molar-refractivity contribution in [1.82, 2.24) is 30.4 Å². The van der Waals surface area contributed by atoms with Gasteiger partial charge in [0.25, 0.3) is 5.91 Å². The van der Waals surface area contributed by atoms with E-state index in [4.69, 9.17) is 16.3 Å². The molecule has 4 rings (SSSR count). The van der Waals surface area contributed by atoms with E-state index < -0.39 is 30.3 Å². The van der Waals surface area contributed by atoms with Gasteiger partial charge >= 0.3 is 6.18 Å². The lowest BCUT2D eigenvalue weighted by Gasteiger charge is -2.31. The fourth-order valence-electron chi connectivity index (χ4n) is 3.75. The number of nitrogens with one attached hydrogen (secondary N) is 2. The molecule has 14 heteroatoms. The van der Waals surface area contributed by atoms with Crippen molar-refractivity contribution in [3.05, 3.63) is 46.9 Å². The maximum atomic E-state index is 12.9. The molecule has 186 valence electrons. The normalized spacial score (nSPS) is 14.7. The number of hydrogen-bond acceptors (Lipinski definition) is 7. The number of amides is 2. The van der Waals surface area contributed by atoms with Gasteiger partial charge in [-0.1, -0.05) is 11.6 Å². The molecule has 0 aromatic carbocycles. The number of H-pyrrole nitrogens is 1. The number of likely N-dealkylation sites (tertiary alicyclic amines) is 1.